The number of carbonyl (C=O) groups is 1. The Morgan fingerprint density at radius 1 is 1.03 bits per heavy atom. The van der Waals surface area contributed by atoms with Crippen LogP contribution in [0.15, 0.2) is 83.8 Å². The molecule has 1 aliphatic heterocycles. The monoisotopic (exact) mass is 499 g/mol. The fourth-order valence-electron chi connectivity index (χ4n) is 5.57. The van der Waals surface area contributed by atoms with Gasteiger partial charge in [-0.1, -0.05) is 48.5 Å². The first-order chi connectivity index (χ1) is 18.1. The maximum absolute atomic E-state index is 12.9. The van der Waals surface area contributed by atoms with Crippen LogP contribution < -0.4 is 5.69 Å². The van der Waals surface area contributed by atoms with Gasteiger partial charge in [0.1, 0.15) is 0 Å². The Hall–Kier alpha value is -3.91. The molecule has 4 aromatic rings. The minimum atomic E-state index is -0.893. The molecule has 192 valence electrons. The molecule has 8 nitrogen and oxygen atoms in total. The standard InChI is InChI=1S/C29H33N5O3/c35-28-31-25-13-4-5-14-27(25)34(28)26-15-18-33(29(36)37)20-23(26)11-8-17-32(19-22-9-2-1-3-10-22)21-24-12-6-7-16-30-24/h1-7,9-10,12-14,16,23,26H,8,11,15,17-21H2,(H,31,35)(H,36,37). The first-order valence-electron chi connectivity index (χ1n) is 12.9. The molecule has 0 saturated carbocycles. The average molecular weight is 500 g/mol. The number of aromatic nitrogens is 3. The number of benzene rings is 2. The van der Waals surface area contributed by atoms with Crippen molar-refractivity contribution in [1.82, 2.24) is 24.3 Å². The van der Waals surface area contributed by atoms with Crippen molar-refractivity contribution in [2.75, 3.05) is 19.6 Å². The number of piperidine rings is 1. The summed E-state index contributed by atoms with van der Waals surface area (Å²) in [6.45, 7) is 3.28. The zero-order valence-electron chi connectivity index (χ0n) is 20.9. The van der Waals surface area contributed by atoms with Crippen molar-refractivity contribution in [3.63, 3.8) is 0 Å². The van der Waals surface area contributed by atoms with Gasteiger partial charge in [-0.15, -0.1) is 0 Å². The number of rotatable bonds is 9. The van der Waals surface area contributed by atoms with E-state index in [0.29, 0.717) is 19.5 Å². The van der Waals surface area contributed by atoms with Gasteiger partial charge < -0.3 is 15.0 Å². The Kier molecular flexibility index (Phi) is 7.65. The molecule has 1 fully saturated rings. The van der Waals surface area contributed by atoms with Crippen LogP contribution in [0.2, 0.25) is 0 Å². The van der Waals surface area contributed by atoms with Crippen molar-refractivity contribution in [3.8, 4) is 0 Å². The fourth-order valence-corrected chi connectivity index (χ4v) is 5.57. The highest BCUT2D eigenvalue weighted by Gasteiger charge is 2.34. The minimum absolute atomic E-state index is 0.0439. The molecule has 37 heavy (non-hydrogen) atoms. The van der Waals surface area contributed by atoms with Crippen molar-refractivity contribution in [2.45, 2.75) is 38.4 Å². The third-order valence-electron chi connectivity index (χ3n) is 7.33. The molecule has 0 spiro atoms. The van der Waals surface area contributed by atoms with Crippen molar-refractivity contribution in [1.29, 1.82) is 0 Å². The largest absolute Gasteiger partial charge is 0.465 e. The Morgan fingerprint density at radius 2 is 1.81 bits per heavy atom. The second-order valence-electron chi connectivity index (χ2n) is 9.82. The van der Waals surface area contributed by atoms with Crippen LogP contribution in [-0.4, -0.2) is 55.2 Å². The van der Waals surface area contributed by atoms with Crippen molar-refractivity contribution in [2.24, 2.45) is 5.92 Å². The second kappa shape index (κ2) is 11.4. The number of likely N-dealkylation sites (tertiary alicyclic amines) is 1. The van der Waals surface area contributed by atoms with Crippen LogP contribution in [0.1, 0.15) is 36.6 Å². The van der Waals surface area contributed by atoms with Gasteiger partial charge in [-0.2, -0.15) is 0 Å². The molecule has 5 rings (SSSR count). The zero-order valence-corrected chi connectivity index (χ0v) is 20.9. The number of aromatic amines is 1. The summed E-state index contributed by atoms with van der Waals surface area (Å²) in [5, 5.41) is 9.68. The molecular weight excluding hydrogens is 466 g/mol. The van der Waals surface area contributed by atoms with Gasteiger partial charge in [-0.25, -0.2) is 9.59 Å². The number of fused-ring (bicyclic) bond motifs is 1. The molecule has 8 heteroatoms. The Labute approximate surface area is 216 Å². The molecule has 2 unspecified atom stereocenters. The van der Waals surface area contributed by atoms with Crippen molar-refractivity contribution >= 4 is 17.1 Å². The summed E-state index contributed by atoms with van der Waals surface area (Å²) in [7, 11) is 0. The molecular formula is C29H33N5O3. The van der Waals surface area contributed by atoms with Crippen LogP contribution in [0, 0.1) is 5.92 Å². The van der Waals surface area contributed by atoms with E-state index < -0.39 is 6.09 Å². The minimum Gasteiger partial charge on any atom is -0.465 e. The Balaban J connectivity index is 1.33. The van der Waals surface area contributed by atoms with E-state index in [0.717, 1.165) is 49.2 Å². The van der Waals surface area contributed by atoms with Gasteiger partial charge in [-0.3, -0.25) is 14.5 Å². The lowest BCUT2D eigenvalue weighted by atomic mass is 9.87. The van der Waals surface area contributed by atoms with Gasteiger partial charge in [0.2, 0.25) is 0 Å². The smallest absolute Gasteiger partial charge is 0.407 e. The number of nitrogens with one attached hydrogen (secondary N) is 1. The topological polar surface area (TPSA) is 94.5 Å². The van der Waals surface area contributed by atoms with E-state index in [4.69, 9.17) is 0 Å². The van der Waals surface area contributed by atoms with Gasteiger partial charge in [0.15, 0.2) is 0 Å². The summed E-state index contributed by atoms with van der Waals surface area (Å²) < 4.78 is 1.86. The first kappa shape index (κ1) is 24.8. The van der Waals surface area contributed by atoms with Gasteiger partial charge in [0.05, 0.1) is 16.7 Å². The molecule has 2 aromatic carbocycles. The molecule has 1 aliphatic rings. The number of pyridine rings is 1. The summed E-state index contributed by atoms with van der Waals surface area (Å²) >= 11 is 0. The summed E-state index contributed by atoms with van der Waals surface area (Å²) in [4.78, 5) is 36.1. The van der Waals surface area contributed by atoms with Crippen molar-refractivity contribution in [3.05, 3.63) is 101 Å². The summed E-state index contributed by atoms with van der Waals surface area (Å²) in [6, 6.07) is 24.1. The van der Waals surface area contributed by atoms with Crippen LogP contribution >= 0.6 is 0 Å². The Bertz CT molecular complexity index is 1330. The highest BCUT2D eigenvalue weighted by Crippen LogP contribution is 2.33. The number of H-pyrrole nitrogens is 1. The molecule has 2 aromatic heterocycles. The molecule has 1 amide bonds. The van der Waals surface area contributed by atoms with Crippen LogP contribution in [-0.2, 0) is 13.1 Å². The number of nitrogens with zero attached hydrogens (tertiary/aromatic N) is 4. The van der Waals surface area contributed by atoms with E-state index in [-0.39, 0.29) is 17.6 Å². The molecule has 0 bridgehead atoms. The van der Waals surface area contributed by atoms with Crippen molar-refractivity contribution < 1.29 is 9.90 Å². The second-order valence-corrected chi connectivity index (χ2v) is 9.82. The lowest BCUT2D eigenvalue weighted by molar-refractivity contribution is 0.0932. The molecule has 0 aliphatic carbocycles. The van der Waals surface area contributed by atoms with E-state index in [1.165, 1.54) is 10.5 Å². The van der Waals surface area contributed by atoms with Crippen LogP contribution in [0.5, 0.6) is 0 Å². The predicted molar refractivity (Wildman–Crippen MR) is 143 cm³/mol. The third-order valence-corrected chi connectivity index (χ3v) is 7.33. The molecule has 1 saturated heterocycles. The summed E-state index contributed by atoms with van der Waals surface area (Å²) in [5.74, 6) is 0.0511. The van der Waals surface area contributed by atoms with Crippen LogP contribution in [0.25, 0.3) is 11.0 Å². The number of hydrogen-bond donors (Lipinski definition) is 2. The SMILES string of the molecule is O=C(O)N1CCC(n2c(=O)[nH]c3ccccc32)C(CCCN(Cc2ccccc2)Cc2ccccn2)C1. The normalized spacial score (nSPS) is 17.9. The lowest BCUT2D eigenvalue weighted by Gasteiger charge is -2.38. The highest BCUT2D eigenvalue weighted by molar-refractivity contribution is 5.75. The molecule has 3 heterocycles. The van der Waals surface area contributed by atoms with E-state index in [1.54, 1.807) is 0 Å². The van der Waals surface area contributed by atoms with Gasteiger partial charge in [0, 0.05) is 38.4 Å². The predicted octanol–water partition coefficient (Wildman–Crippen LogP) is 4.75. The Morgan fingerprint density at radius 3 is 2.59 bits per heavy atom. The maximum atomic E-state index is 12.9. The van der Waals surface area contributed by atoms with E-state index in [9.17, 15) is 14.7 Å². The lowest BCUT2D eigenvalue weighted by Crippen LogP contribution is -2.45. The first-order valence-corrected chi connectivity index (χ1v) is 12.9. The average Bonchev–Trinajstić information content (AvgIpc) is 3.25. The van der Waals surface area contributed by atoms with Crippen LogP contribution in [0.4, 0.5) is 4.79 Å². The van der Waals surface area contributed by atoms with Gasteiger partial charge in [0.25, 0.3) is 0 Å². The highest BCUT2D eigenvalue weighted by atomic mass is 16.4. The molecule has 2 N–H and O–H groups in total. The maximum Gasteiger partial charge on any atom is 0.407 e. The summed E-state index contributed by atoms with van der Waals surface area (Å²) in [5.41, 5.74) is 3.84. The fraction of sp³-hybridized carbons (Fsp3) is 0.345. The summed E-state index contributed by atoms with van der Waals surface area (Å²) in [6.07, 6.45) is 3.28. The molecule has 2 atom stereocenters. The van der Waals surface area contributed by atoms with Crippen LogP contribution in [0.3, 0.4) is 0 Å². The van der Waals surface area contributed by atoms with E-state index >= 15 is 0 Å². The van der Waals surface area contributed by atoms with E-state index in [1.807, 2.05) is 59.3 Å². The molecule has 0 radical (unpaired) electrons. The third kappa shape index (κ3) is 5.91. The van der Waals surface area contributed by atoms with E-state index in [2.05, 4.69) is 39.1 Å². The number of para-hydroxylation sites is 2. The van der Waals surface area contributed by atoms with Gasteiger partial charge >= 0.3 is 11.8 Å². The number of hydrogen-bond acceptors (Lipinski definition) is 4. The van der Waals surface area contributed by atoms with Gasteiger partial charge in [-0.05, 0) is 61.6 Å². The number of amides is 1. The quantitative estimate of drug-likeness (QED) is 0.347. The number of imidazole rings is 1. The number of carboxylic acid groups (broad SMARTS) is 1. The zero-order chi connectivity index (χ0) is 25.6.